The largest absolute Gasteiger partial charge is 0.313 e. The Morgan fingerprint density at radius 3 is 2.52 bits per heavy atom. The molecular formula is C15H23BrN2O2S. The van der Waals surface area contributed by atoms with Crippen molar-refractivity contribution in [2.75, 3.05) is 19.6 Å². The monoisotopic (exact) mass is 374 g/mol. The van der Waals surface area contributed by atoms with Crippen LogP contribution in [0.5, 0.6) is 0 Å². The first-order valence-corrected chi connectivity index (χ1v) is 9.62. The van der Waals surface area contributed by atoms with Crippen molar-refractivity contribution < 1.29 is 8.42 Å². The Bertz CT molecular complexity index is 552. The summed E-state index contributed by atoms with van der Waals surface area (Å²) in [5.74, 6) is 0.302. The minimum absolute atomic E-state index is 0.272. The lowest BCUT2D eigenvalue weighted by Crippen LogP contribution is -2.42. The Kier molecular flexibility index (Phi) is 5.82. The van der Waals surface area contributed by atoms with Crippen LogP contribution in [0.3, 0.4) is 0 Å². The standard InChI is InChI=1S/C15H23BrN2O2S/c1-12(2)10-18(11-14-4-3-9-17-14)21(19,20)15-7-5-13(16)6-8-15/h5-8,12,14,17H,3-4,9-11H2,1-2H3. The second-order valence-corrected chi connectivity index (χ2v) is 8.82. The Balaban J connectivity index is 2.22. The van der Waals surface area contributed by atoms with Gasteiger partial charge in [0.15, 0.2) is 0 Å². The van der Waals surface area contributed by atoms with Gasteiger partial charge < -0.3 is 5.32 Å². The van der Waals surface area contributed by atoms with E-state index in [1.165, 1.54) is 0 Å². The van der Waals surface area contributed by atoms with Crippen molar-refractivity contribution in [3.63, 3.8) is 0 Å². The molecule has 1 aromatic rings. The van der Waals surface area contributed by atoms with Gasteiger partial charge in [-0.2, -0.15) is 4.31 Å². The molecule has 1 unspecified atom stereocenters. The van der Waals surface area contributed by atoms with Gasteiger partial charge in [-0.1, -0.05) is 29.8 Å². The molecule has 1 heterocycles. The van der Waals surface area contributed by atoms with E-state index < -0.39 is 10.0 Å². The summed E-state index contributed by atoms with van der Waals surface area (Å²) in [6.45, 7) is 6.18. The highest BCUT2D eigenvalue weighted by Crippen LogP contribution is 2.21. The lowest BCUT2D eigenvalue weighted by atomic mass is 10.2. The van der Waals surface area contributed by atoms with Gasteiger partial charge in [0.05, 0.1) is 4.90 Å². The van der Waals surface area contributed by atoms with Crippen LogP contribution in [0.25, 0.3) is 0 Å². The maximum Gasteiger partial charge on any atom is 0.243 e. The molecule has 6 heteroatoms. The minimum Gasteiger partial charge on any atom is -0.313 e. The van der Waals surface area contributed by atoms with Crippen LogP contribution in [0.4, 0.5) is 0 Å². The fourth-order valence-electron chi connectivity index (χ4n) is 2.59. The van der Waals surface area contributed by atoms with E-state index in [0.717, 1.165) is 23.9 Å². The van der Waals surface area contributed by atoms with Gasteiger partial charge in [0.1, 0.15) is 0 Å². The summed E-state index contributed by atoms with van der Waals surface area (Å²) < 4.78 is 28.2. The maximum absolute atomic E-state index is 12.8. The number of halogens is 1. The van der Waals surface area contributed by atoms with Crippen LogP contribution < -0.4 is 5.32 Å². The van der Waals surface area contributed by atoms with Crippen molar-refractivity contribution in [1.82, 2.24) is 9.62 Å². The van der Waals surface area contributed by atoms with Gasteiger partial charge in [0, 0.05) is 23.6 Å². The van der Waals surface area contributed by atoms with E-state index in [9.17, 15) is 8.42 Å². The molecule has 4 nitrogen and oxygen atoms in total. The fourth-order valence-corrected chi connectivity index (χ4v) is 4.51. The Hall–Kier alpha value is -0.430. The summed E-state index contributed by atoms with van der Waals surface area (Å²) in [4.78, 5) is 0.365. The zero-order valence-electron chi connectivity index (χ0n) is 12.5. The molecule has 1 N–H and O–H groups in total. The van der Waals surface area contributed by atoms with Crippen LogP contribution in [0.2, 0.25) is 0 Å². The molecule has 0 radical (unpaired) electrons. The van der Waals surface area contributed by atoms with Crippen LogP contribution in [0.15, 0.2) is 33.6 Å². The highest BCUT2D eigenvalue weighted by atomic mass is 79.9. The molecule has 118 valence electrons. The van der Waals surface area contributed by atoms with Crippen LogP contribution >= 0.6 is 15.9 Å². The summed E-state index contributed by atoms with van der Waals surface area (Å²) in [5, 5.41) is 3.38. The van der Waals surface area contributed by atoms with Crippen molar-refractivity contribution in [2.24, 2.45) is 5.92 Å². The summed E-state index contributed by atoms with van der Waals surface area (Å²) >= 11 is 3.34. The normalized spacial score (nSPS) is 19.6. The van der Waals surface area contributed by atoms with Gasteiger partial charge in [-0.3, -0.25) is 0 Å². The van der Waals surface area contributed by atoms with Gasteiger partial charge in [-0.15, -0.1) is 0 Å². The fraction of sp³-hybridized carbons (Fsp3) is 0.600. The van der Waals surface area contributed by atoms with Crippen molar-refractivity contribution in [2.45, 2.75) is 37.6 Å². The average molecular weight is 375 g/mol. The minimum atomic E-state index is -3.43. The van der Waals surface area contributed by atoms with Gasteiger partial charge in [0.2, 0.25) is 10.0 Å². The van der Waals surface area contributed by atoms with Crippen LogP contribution in [-0.4, -0.2) is 38.4 Å². The SMILES string of the molecule is CC(C)CN(CC1CCCN1)S(=O)(=O)c1ccc(Br)cc1. The quantitative estimate of drug-likeness (QED) is 0.832. The summed E-state index contributed by atoms with van der Waals surface area (Å²) in [7, 11) is -3.43. The topological polar surface area (TPSA) is 49.4 Å². The van der Waals surface area contributed by atoms with E-state index in [0.29, 0.717) is 23.9 Å². The van der Waals surface area contributed by atoms with Crippen LogP contribution in [0, 0.1) is 5.92 Å². The molecule has 2 rings (SSSR count). The number of rotatable bonds is 6. The maximum atomic E-state index is 12.8. The Morgan fingerprint density at radius 1 is 1.33 bits per heavy atom. The number of nitrogens with one attached hydrogen (secondary N) is 1. The molecule has 1 atom stereocenters. The van der Waals surface area contributed by atoms with E-state index in [1.54, 1.807) is 28.6 Å². The predicted molar refractivity (Wildman–Crippen MR) is 88.8 cm³/mol. The average Bonchev–Trinajstić information content (AvgIpc) is 2.91. The molecule has 0 aliphatic carbocycles. The molecule has 0 aromatic heterocycles. The van der Waals surface area contributed by atoms with Gasteiger partial charge >= 0.3 is 0 Å². The van der Waals surface area contributed by atoms with Crippen LogP contribution in [-0.2, 0) is 10.0 Å². The Labute approximate surface area is 136 Å². The van der Waals surface area contributed by atoms with E-state index >= 15 is 0 Å². The first kappa shape index (κ1) is 16.9. The molecule has 1 fully saturated rings. The second kappa shape index (κ2) is 7.22. The first-order valence-electron chi connectivity index (χ1n) is 7.38. The third kappa shape index (κ3) is 4.52. The number of hydrogen-bond donors (Lipinski definition) is 1. The molecule has 1 aromatic carbocycles. The molecule has 1 aliphatic rings. The third-order valence-electron chi connectivity index (χ3n) is 3.61. The predicted octanol–water partition coefficient (Wildman–Crippen LogP) is 2.85. The van der Waals surface area contributed by atoms with Crippen molar-refractivity contribution in [3.05, 3.63) is 28.7 Å². The molecule has 0 saturated carbocycles. The Morgan fingerprint density at radius 2 is 2.00 bits per heavy atom. The van der Waals surface area contributed by atoms with Gasteiger partial charge in [-0.25, -0.2) is 8.42 Å². The highest BCUT2D eigenvalue weighted by Gasteiger charge is 2.28. The highest BCUT2D eigenvalue weighted by molar-refractivity contribution is 9.10. The van der Waals surface area contributed by atoms with Gasteiger partial charge in [0.25, 0.3) is 0 Å². The lowest BCUT2D eigenvalue weighted by molar-refractivity contribution is 0.336. The lowest BCUT2D eigenvalue weighted by Gasteiger charge is -2.26. The second-order valence-electron chi connectivity index (χ2n) is 5.96. The molecule has 0 bridgehead atoms. The molecule has 1 saturated heterocycles. The van der Waals surface area contributed by atoms with E-state index in [4.69, 9.17) is 0 Å². The van der Waals surface area contributed by atoms with E-state index in [-0.39, 0.29) is 6.04 Å². The first-order chi connectivity index (χ1) is 9.89. The number of sulfonamides is 1. The zero-order chi connectivity index (χ0) is 15.5. The molecule has 0 spiro atoms. The molecule has 0 amide bonds. The van der Waals surface area contributed by atoms with Gasteiger partial charge in [-0.05, 0) is 49.6 Å². The summed E-state index contributed by atoms with van der Waals surface area (Å²) in [5.41, 5.74) is 0. The van der Waals surface area contributed by atoms with Crippen LogP contribution in [0.1, 0.15) is 26.7 Å². The molecular weight excluding hydrogens is 352 g/mol. The van der Waals surface area contributed by atoms with Crippen molar-refractivity contribution >= 4 is 26.0 Å². The zero-order valence-corrected chi connectivity index (χ0v) is 15.0. The smallest absolute Gasteiger partial charge is 0.243 e. The van der Waals surface area contributed by atoms with E-state index in [1.807, 2.05) is 13.8 Å². The number of hydrogen-bond acceptors (Lipinski definition) is 3. The number of nitrogens with zero attached hydrogens (tertiary/aromatic N) is 1. The molecule has 21 heavy (non-hydrogen) atoms. The van der Waals surface area contributed by atoms with Crippen molar-refractivity contribution in [1.29, 1.82) is 0 Å². The molecule has 1 aliphatic heterocycles. The summed E-state index contributed by atoms with van der Waals surface area (Å²) in [6, 6.07) is 7.14. The third-order valence-corrected chi connectivity index (χ3v) is 5.98. The number of benzene rings is 1. The summed E-state index contributed by atoms with van der Waals surface area (Å²) in [6.07, 6.45) is 2.17. The van der Waals surface area contributed by atoms with Crippen molar-refractivity contribution in [3.8, 4) is 0 Å². The van der Waals surface area contributed by atoms with E-state index in [2.05, 4.69) is 21.2 Å².